The predicted octanol–water partition coefficient (Wildman–Crippen LogP) is 3.08. The first-order valence-corrected chi connectivity index (χ1v) is 8.76. The fourth-order valence-electron chi connectivity index (χ4n) is 2.51. The van der Waals surface area contributed by atoms with E-state index in [4.69, 9.17) is 0 Å². The van der Waals surface area contributed by atoms with Crippen molar-refractivity contribution in [2.24, 2.45) is 0 Å². The number of aromatic nitrogens is 5. The van der Waals surface area contributed by atoms with E-state index in [1.807, 2.05) is 43.3 Å². The van der Waals surface area contributed by atoms with Crippen molar-refractivity contribution in [1.82, 2.24) is 24.6 Å². The summed E-state index contributed by atoms with van der Waals surface area (Å²) in [6.07, 6.45) is 5.22. The van der Waals surface area contributed by atoms with Gasteiger partial charge in [0.25, 0.3) is 0 Å². The maximum Gasteiger partial charge on any atom is 0.350 e. The molecule has 0 aliphatic rings. The van der Waals surface area contributed by atoms with Gasteiger partial charge in [0, 0.05) is 23.7 Å². The van der Waals surface area contributed by atoms with Gasteiger partial charge in [-0.2, -0.15) is 9.61 Å². The highest BCUT2D eigenvalue weighted by molar-refractivity contribution is 7.98. The molecule has 1 N–H and O–H groups in total. The Balaban J connectivity index is 1.71. The quantitative estimate of drug-likeness (QED) is 0.573. The summed E-state index contributed by atoms with van der Waals surface area (Å²) in [5.74, 6) is 0.682. The number of nitrogens with zero attached hydrogens (tertiary/aromatic N) is 4. The Morgan fingerprint density at radius 1 is 1.16 bits per heavy atom. The minimum absolute atomic E-state index is 0.294. The fourth-order valence-corrected chi connectivity index (χ4v) is 3.29. The van der Waals surface area contributed by atoms with E-state index in [9.17, 15) is 4.79 Å². The lowest BCUT2D eigenvalue weighted by molar-refractivity contribution is 0.786. The van der Waals surface area contributed by atoms with Gasteiger partial charge < -0.3 is 0 Å². The van der Waals surface area contributed by atoms with Crippen LogP contribution in [0.1, 0.15) is 11.1 Å². The molecule has 4 rings (SSSR count). The first-order valence-electron chi connectivity index (χ1n) is 7.77. The molecule has 0 saturated carbocycles. The molecule has 0 spiro atoms. The summed E-state index contributed by atoms with van der Waals surface area (Å²) < 4.78 is 1.29. The van der Waals surface area contributed by atoms with Crippen LogP contribution in [0.5, 0.6) is 0 Å². The summed E-state index contributed by atoms with van der Waals surface area (Å²) in [7, 11) is 0. The van der Waals surface area contributed by atoms with Crippen LogP contribution in [0.2, 0.25) is 0 Å². The molecule has 7 heteroatoms. The smallest absolute Gasteiger partial charge is 0.285 e. The Hall–Kier alpha value is -2.93. The van der Waals surface area contributed by atoms with Crippen molar-refractivity contribution in [2.75, 3.05) is 0 Å². The first-order chi connectivity index (χ1) is 12.2. The first kappa shape index (κ1) is 15.6. The predicted molar refractivity (Wildman–Crippen MR) is 97.6 cm³/mol. The highest BCUT2D eigenvalue weighted by Gasteiger charge is 2.12. The van der Waals surface area contributed by atoms with E-state index >= 15 is 0 Å². The third-order valence-corrected chi connectivity index (χ3v) is 4.76. The van der Waals surface area contributed by atoms with Crippen LogP contribution in [0.25, 0.3) is 16.8 Å². The summed E-state index contributed by atoms with van der Waals surface area (Å²) in [6.45, 7) is 2.04. The van der Waals surface area contributed by atoms with E-state index in [-0.39, 0.29) is 5.69 Å². The zero-order valence-corrected chi connectivity index (χ0v) is 14.3. The highest BCUT2D eigenvalue weighted by atomic mass is 32.2. The van der Waals surface area contributed by atoms with Crippen LogP contribution in [0.15, 0.2) is 64.9 Å². The number of aromatic amines is 1. The normalized spacial score (nSPS) is 11.1. The standard InChI is InChI=1S/C18H15N5OS/c1-12-4-6-14(7-5-12)15-10-20-23-16(15)21-17(22-18(23)24)25-11-13-3-2-8-19-9-13/h2-10H,11H2,1H3,(H,21,22,24). The van der Waals surface area contributed by atoms with Crippen LogP contribution < -0.4 is 5.69 Å². The minimum atomic E-state index is -0.294. The highest BCUT2D eigenvalue weighted by Crippen LogP contribution is 2.24. The molecule has 124 valence electrons. The summed E-state index contributed by atoms with van der Waals surface area (Å²) >= 11 is 1.46. The number of hydrogen-bond acceptors (Lipinski definition) is 5. The SMILES string of the molecule is Cc1ccc(-c2cnn3c(=O)[nH]c(SCc4cccnc4)nc23)cc1. The number of thioether (sulfide) groups is 1. The average molecular weight is 349 g/mol. The fraction of sp³-hybridized carbons (Fsp3) is 0.111. The Bertz CT molecular complexity index is 1070. The van der Waals surface area contributed by atoms with Gasteiger partial charge in [0.05, 0.1) is 6.20 Å². The monoisotopic (exact) mass is 349 g/mol. The number of pyridine rings is 1. The van der Waals surface area contributed by atoms with Gasteiger partial charge in [0.2, 0.25) is 0 Å². The van der Waals surface area contributed by atoms with Crippen molar-refractivity contribution in [3.8, 4) is 11.1 Å². The van der Waals surface area contributed by atoms with Crippen LogP contribution in [0.3, 0.4) is 0 Å². The zero-order chi connectivity index (χ0) is 17.2. The van der Waals surface area contributed by atoms with Crippen LogP contribution in [0, 0.1) is 6.92 Å². The van der Waals surface area contributed by atoms with Gasteiger partial charge in [0.1, 0.15) is 0 Å². The molecule has 1 aromatic carbocycles. The maximum atomic E-state index is 12.3. The average Bonchev–Trinajstić information content (AvgIpc) is 3.06. The molecule has 0 radical (unpaired) electrons. The molecule has 25 heavy (non-hydrogen) atoms. The summed E-state index contributed by atoms with van der Waals surface area (Å²) in [4.78, 5) is 23.8. The molecule has 0 unspecified atom stereocenters. The Labute approximate surface area is 148 Å². The molecule has 3 heterocycles. The van der Waals surface area contributed by atoms with Gasteiger partial charge in [-0.15, -0.1) is 0 Å². The molecule has 3 aromatic heterocycles. The van der Waals surface area contributed by atoms with Crippen LogP contribution in [-0.2, 0) is 5.75 Å². The van der Waals surface area contributed by atoms with E-state index in [2.05, 4.69) is 20.1 Å². The molecular weight excluding hydrogens is 334 g/mol. The lowest BCUT2D eigenvalue weighted by Crippen LogP contribution is -2.19. The molecule has 0 bridgehead atoms. The lowest BCUT2D eigenvalue weighted by atomic mass is 10.1. The number of hydrogen-bond donors (Lipinski definition) is 1. The second-order valence-electron chi connectivity index (χ2n) is 5.66. The third-order valence-electron chi connectivity index (χ3n) is 3.82. The van der Waals surface area contributed by atoms with Crippen LogP contribution in [0.4, 0.5) is 0 Å². The van der Waals surface area contributed by atoms with Gasteiger partial charge in [0.15, 0.2) is 10.8 Å². The Morgan fingerprint density at radius 3 is 2.76 bits per heavy atom. The maximum absolute atomic E-state index is 12.3. The van der Waals surface area contributed by atoms with Crippen molar-refractivity contribution in [1.29, 1.82) is 0 Å². The zero-order valence-electron chi connectivity index (χ0n) is 13.5. The molecule has 6 nitrogen and oxygen atoms in total. The second kappa shape index (κ2) is 6.52. The lowest BCUT2D eigenvalue weighted by Gasteiger charge is -2.03. The van der Waals surface area contributed by atoms with Gasteiger partial charge in [-0.25, -0.2) is 9.78 Å². The van der Waals surface area contributed by atoms with Gasteiger partial charge in [-0.05, 0) is 24.1 Å². The number of rotatable bonds is 4. The van der Waals surface area contributed by atoms with E-state index in [1.54, 1.807) is 18.6 Å². The van der Waals surface area contributed by atoms with Gasteiger partial charge in [-0.3, -0.25) is 9.97 Å². The van der Waals surface area contributed by atoms with E-state index in [0.29, 0.717) is 16.6 Å². The number of nitrogens with one attached hydrogen (secondary N) is 1. The Morgan fingerprint density at radius 2 is 2.00 bits per heavy atom. The molecule has 0 amide bonds. The van der Waals surface area contributed by atoms with E-state index < -0.39 is 0 Å². The molecule has 0 fully saturated rings. The van der Waals surface area contributed by atoms with E-state index in [0.717, 1.165) is 16.7 Å². The molecule has 0 saturated heterocycles. The van der Waals surface area contributed by atoms with Crippen molar-refractivity contribution >= 4 is 17.4 Å². The minimum Gasteiger partial charge on any atom is -0.285 e. The molecule has 0 aliphatic heterocycles. The summed E-state index contributed by atoms with van der Waals surface area (Å²) in [5, 5.41) is 4.73. The van der Waals surface area contributed by atoms with Crippen LogP contribution >= 0.6 is 11.8 Å². The molecule has 0 aliphatic carbocycles. The van der Waals surface area contributed by atoms with Crippen molar-refractivity contribution in [3.63, 3.8) is 0 Å². The summed E-state index contributed by atoms with van der Waals surface area (Å²) in [6, 6.07) is 12.0. The van der Waals surface area contributed by atoms with Crippen molar-refractivity contribution in [2.45, 2.75) is 17.8 Å². The number of fused-ring (bicyclic) bond motifs is 1. The van der Waals surface area contributed by atoms with Crippen LogP contribution in [-0.4, -0.2) is 24.6 Å². The Kier molecular flexibility index (Phi) is 4.07. The number of H-pyrrole nitrogens is 1. The second-order valence-corrected chi connectivity index (χ2v) is 6.62. The number of benzene rings is 1. The van der Waals surface area contributed by atoms with Crippen molar-refractivity contribution in [3.05, 3.63) is 76.6 Å². The van der Waals surface area contributed by atoms with Gasteiger partial charge >= 0.3 is 5.69 Å². The topological polar surface area (TPSA) is 75.9 Å². The van der Waals surface area contributed by atoms with E-state index in [1.165, 1.54) is 21.8 Å². The third kappa shape index (κ3) is 3.18. The molecular formula is C18H15N5OS. The van der Waals surface area contributed by atoms with Crippen molar-refractivity contribution < 1.29 is 0 Å². The number of aryl methyl sites for hydroxylation is 1. The molecule has 0 atom stereocenters. The van der Waals surface area contributed by atoms with Gasteiger partial charge in [-0.1, -0.05) is 47.7 Å². The summed E-state index contributed by atoms with van der Waals surface area (Å²) in [5.41, 5.74) is 4.34. The molecule has 4 aromatic rings. The largest absolute Gasteiger partial charge is 0.350 e.